The predicted octanol–water partition coefficient (Wildman–Crippen LogP) is 3.69. The molecule has 1 aliphatic rings. The van der Waals surface area contributed by atoms with Crippen molar-refractivity contribution in [3.8, 4) is 11.5 Å². The van der Waals surface area contributed by atoms with Gasteiger partial charge in [0.25, 0.3) is 0 Å². The number of hydrogen-bond donors (Lipinski definition) is 0. The molecule has 1 heterocycles. The van der Waals surface area contributed by atoms with E-state index in [1.165, 1.54) is 0 Å². The second-order valence-corrected chi connectivity index (χ2v) is 5.66. The highest BCUT2D eigenvalue weighted by molar-refractivity contribution is 5.32. The highest BCUT2D eigenvalue weighted by Crippen LogP contribution is 2.20. The average Bonchev–Trinajstić information content (AvgIpc) is 2.56. The Labute approximate surface area is 133 Å². The van der Waals surface area contributed by atoms with Crippen molar-refractivity contribution in [2.45, 2.75) is 32.6 Å². The summed E-state index contributed by atoms with van der Waals surface area (Å²) in [5.74, 6) is 2.35. The molecule has 1 saturated heterocycles. The van der Waals surface area contributed by atoms with Crippen LogP contribution in [0.2, 0.25) is 0 Å². The Hall–Kier alpha value is -1.26. The highest BCUT2D eigenvalue weighted by Gasteiger charge is 2.13. The van der Waals surface area contributed by atoms with Crippen molar-refractivity contribution >= 4 is 0 Å². The molecule has 0 saturated carbocycles. The van der Waals surface area contributed by atoms with Crippen LogP contribution < -0.4 is 9.47 Å². The monoisotopic (exact) mass is 308 g/mol. The lowest BCUT2D eigenvalue weighted by Crippen LogP contribution is -2.21. The topological polar surface area (TPSA) is 36.9 Å². The van der Waals surface area contributed by atoms with E-state index in [9.17, 15) is 0 Å². The molecular weight excluding hydrogens is 280 g/mol. The van der Waals surface area contributed by atoms with Gasteiger partial charge in [-0.1, -0.05) is 19.4 Å². The first-order valence-electron chi connectivity index (χ1n) is 8.39. The van der Waals surface area contributed by atoms with Crippen LogP contribution in [0.3, 0.4) is 0 Å². The van der Waals surface area contributed by atoms with Gasteiger partial charge in [-0.05, 0) is 37.3 Å². The van der Waals surface area contributed by atoms with Crippen LogP contribution in [0.25, 0.3) is 0 Å². The zero-order valence-corrected chi connectivity index (χ0v) is 13.6. The van der Waals surface area contributed by atoms with Gasteiger partial charge in [0.1, 0.15) is 18.1 Å². The largest absolute Gasteiger partial charge is 0.493 e. The second-order valence-electron chi connectivity index (χ2n) is 5.66. The van der Waals surface area contributed by atoms with Crippen LogP contribution in [0.4, 0.5) is 0 Å². The molecule has 2 rings (SSSR count). The summed E-state index contributed by atoms with van der Waals surface area (Å²) in [6, 6.07) is 7.81. The maximum atomic E-state index is 5.71. The van der Waals surface area contributed by atoms with E-state index < -0.39 is 0 Å². The fraction of sp³-hybridized carbons (Fsp3) is 0.667. The first-order valence-corrected chi connectivity index (χ1v) is 8.39. The molecule has 0 amide bonds. The van der Waals surface area contributed by atoms with Crippen LogP contribution in [-0.4, -0.2) is 39.6 Å². The molecule has 1 aromatic carbocycles. The number of ether oxygens (including phenoxy) is 4. The van der Waals surface area contributed by atoms with E-state index in [-0.39, 0.29) is 0 Å². The van der Waals surface area contributed by atoms with E-state index in [4.69, 9.17) is 18.9 Å². The zero-order valence-electron chi connectivity index (χ0n) is 13.6. The molecule has 1 aliphatic heterocycles. The van der Waals surface area contributed by atoms with E-state index >= 15 is 0 Å². The predicted molar refractivity (Wildman–Crippen MR) is 86.7 cm³/mol. The molecule has 1 aromatic rings. The molecule has 0 aliphatic carbocycles. The van der Waals surface area contributed by atoms with Crippen molar-refractivity contribution in [2.24, 2.45) is 5.92 Å². The number of hydrogen-bond acceptors (Lipinski definition) is 4. The summed E-state index contributed by atoms with van der Waals surface area (Å²) in [6.45, 7) is 6.66. The summed E-state index contributed by atoms with van der Waals surface area (Å²) in [4.78, 5) is 0. The lowest BCUT2D eigenvalue weighted by Gasteiger charge is -2.21. The van der Waals surface area contributed by atoms with Crippen LogP contribution >= 0.6 is 0 Å². The van der Waals surface area contributed by atoms with Gasteiger partial charge in [-0.25, -0.2) is 0 Å². The molecular formula is C18H28O4. The van der Waals surface area contributed by atoms with Gasteiger partial charge in [0.05, 0.1) is 13.2 Å². The molecule has 4 heteroatoms. The number of unbranched alkanes of at least 4 members (excludes halogenated alkanes) is 1. The number of rotatable bonds is 10. The van der Waals surface area contributed by atoms with E-state index in [0.29, 0.717) is 19.1 Å². The van der Waals surface area contributed by atoms with E-state index in [0.717, 1.165) is 63.6 Å². The van der Waals surface area contributed by atoms with Crippen molar-refractivity contribution in [3.05, 3.63) is 24.3 Å². The SMILES string of the molecule is CCCCOc1cccc(OCCOCC2CCOCC2)c1. The summed E-state index contributed by atoms with van der Waals surface area (Å²) in [7, 11) is 0. The van der Waals surface area contributed by atoms with Crippen LogP contribution in [0.5, 0.6) is 11.5 Å². The van der Waals surface area contributed by atoms with Gasteiger partial charge in [0.15, 0.2) is 0 Å². The van der Waals surface area contributed by atoms with Gasteiger partial charge in [-0.3, -0.25) is 0 Å². The molecule has 0 radical (unpaired) electrons. The standard InChI is InChI=1S/C18H28O4/c1-2-3-9-21-17-5-4-6-18(14-17)22-13-12-20-15-16-7-10-19-11-8-16/h4-6,14,16H,2-3,7-13,15H2,1H3. The van der Waals surface area contributed by atoms with Crippen molar-refractivity contribution in [2.75, 3.05) is 39.6 Å². The summed E-state index contributed by atoms with van der Waals surface area (Å²) in [6.07, 6.45) is 4.43. The summed E-state index contributed by atoms with van der Waals surface area (Å²) in [5.41, 5.74) is 0. The fourth-order valence-corrected chi connectivity index (χ4v) is 2.37. The van der Waals surface area contributed by atoms with Crippen LogP contribution in [0.15, 0.2) is 24.3 Å². The summed E-state index contributed by atoms with van der Waals surface area (Å²) < 4.78 is 22.4. The molecule has 1 fully saturated rings. The second kappa shape index (κ2) is 10.5. The van der Waals surface area contributed by atoms with E-state index in [1.807, 2.05) is 24.3 Å². The van der Waals surface area contributed by atoms with Crippen molar-refractivity contribution in [1.29, 1.82) is 0 Å². The fourth-order valence-electron chi connectivity index (χ4n) is 2.37. The van der Waals surface area contributed by atoms with Crippen molar-refractivity contribution < 1.29 is 18.9 Å². The minimum atomic E-state index is 0.571. The first-order chi connectivity index (χ1) is 10.9. The van der Waals surface area contributed by atoms with Gasteiger partial charge < -0.3 is 18.9 Å². The molecule has 22 heavy (non-hydrogen) atoms. The van der Waals surface area contributed by atoms with E-state index in [1.54, 1.807) is 0 Å². The maximum Gasteiger partial charge on any atom is 0.123 e. The first kappa shape index (κ1) is 17.1. The molecule has 124 valence electrons. The Kier molecular flexibility index (Phi) is 8.13. The molecule has 0 spiro atoms. The summed E-state index contributed by atoms with van der Waals surface area (Å²) >= 11 is 0. The van der Waals surface area contributed by atoms with Gasteiger partial charge in [-0.15, -0.1) is 0 Å². The van der Waals surface area contributed by atoms with Crippen molar-refractivity contribution in [1.82, 2.24) is 0 Å². The Balaban J connectivity index is 1.58. The third-order valence-corrected chi connectivity index (χ3v) is 3.76. The molecule has 0 aromatic heterocycles. The minimum absolute atomic E-state index is 0.571. The normalized spacial score (nSPS) is 15.7. The van der Waals surface area contributed by atoms with Crippen LogP contribution in [-0.2, 0) is 9.47 Å². The third kappa shape index (κ3) is 6.67. The van der Waals surface area contributed by atoms with Crippen LogP contribution in [0, 0.1) is 5.92 Å². The lowest BCUT2D eigenvalue weighted by atomic mass is 10.0. The smallest absolute Gasteiger partial charge is 0.123 e. The Morgan fingerprint density at radius 2 is 1.77 bits per heavy atom. The van der Waals surface area contributed by atoms with E-state index in [2.05, 4.69) is 6.92 Å². The maximum absolute atomic E-state index is 5.71. The summed E-state index contributed by atoms with van der Waals surface area (Å²) in [5, 5.41) is 0. The highest BCUT2D eigenvalue weighted by atomic mass is 16.5. The average molecular weight is 308 g/mol. The quantitative estimate of drug-likeness (QED) is 0.618. The zero-order chi connectivity index (χ0) is 15.5. The van der Waals surface area contributed by atoms with Gasteiger partial charge in [0, 0.05) is 25.9 Å². The number of benzene rings is 1. The molecule has 0 bridgehead atoms. The molecule has 0 N–H and O–H groups in total. The lowest BCUT2D eigenvalue weighted by molar-refractivity contribution is 0.0139. The van der Waals surface area contributed by atoms with Crippen molar-refractivity contribution in [3.63, 3.8) is 0 Å². The Morgan fingerprint density at radius 1 is 1.05 bits per heavy atom. The molecule has 0 atom stereocenters. The Morgan fingerprint density at radius 3 is 2.50 bits per heavy atom. The van der Waals surface area contributed by atoms with Gasteiger partial charge in [0.2, 0.25) is 0 Å². The van der Waals surface area contributed by atoms with Crippen LogP contribution in [0.1, 0.15) is 32.6 Å². The molecule has 4 nitrogen and oxygen atoms in total. The third-order valence-electron chi connectivity index (χ3n) is 3.76. The molecule has 0 unspecified atom stereocenters. The van der Waals surface area contributed by atoms with Gasteiger partial charge >= 0.3 is 0 Å². The minimum Gasteiger partial charge on any atom is -0.493 e. The van der Waals surface area contributed by atoms with Gasteiger partial charge in [-0.2, -0.15) is 0 Å². The Bertz CT molecular complexity index is 402.